The molecule has 0 spiro atoms. The topological polar surface area (TPSA) is 61.8 Å². The van der Waals surface area contributed by atoms with Gasteiger partial charge < -0.3 is 14.2 Å². The number of allylic oxidation sites excluding steroid dienone is 1. The second-order valence-corrected chi connectivity index (χ2v) is 6.51. The molecular formula is C24H18O5. The van der Waals surface area contributed by atoms with Gasteiger partial charge >= 0.3 is 5.97 Å². The lowest BCUT2D eigenvalue weighted by Gasteiger charge is -2.06. The molecule has 3 aromatic carbocycles. The molecule has 0 saturated carbocycles. The lowest BCUT2D eigenvalue weighted by Crippen LogP contribution is -2.11. The Bertz CT molecular complexity index is 1080. The summed E-state index contributed by atoms with van der Waals surface area (Å²) in [6, 6.07) is 21.4. The summed E-state index contributed by atoms with van der Waals surface area (Å²) in [4.78, 5) is 24.7. The second-order valence-electron chi connectivity index (χ2n) is 6.51. The number of rotatable bonds is 5. The summed E-state index contributed by atoms with van der Waals surface area (Å²) in [6.07, 6.45) is 1.84. The number of ether oxygens (including phenoxy) is 3. The van der Waals surface area contributed by atoms with E-state index in [0.717, 1.165) is 16.9 Å². The smallest absolute Gasteiger partial charge is 0.315 e. The average molecular weight is 386 g/mol. The van der Waals surface area contributed by atoms with Gasteiger partial charge in [-0.05, 0) is 41.5 Å². The molecule has 0 fully saturated rings. The first-order valence-electron chi connectivity index (χ1n) is 9.09. The summed E-state index contributed by atoms with van der Waals surface area (Å²) in [6.45, 7) is 0. The van der Waals surface area contributed by atoms with E-state index in [0.29, 0.717) is 17.1 Å². The van der Waals surface area contributed by atoms with Gasteiger partial charge in [0.1, 0.15) is 17.2 Å². The molecule has 144 valence electrons. The van der Waals surface area contributed by atoms with Gasteiger partial charge in [0.25, 0.3) is 0 Å². The number of benzene rings is 3. The van der Waals surface area contributed by atoms with Gasteiger partial charge in [-0.1, -0.05) is 42.5 Å². The van der Waals surface area contributed by atoms with Crippen molar-refractivity contribution in [2.75, 3.05) is 7.11 Å². The van der Waals surface area contributed by atoms with Gasteiger partial charge in [0.05, 0.1) is 19.1 Å². The third kappa shape index (κ3) is 4.19. The molecule has 0 amide bonds. The van der Waals surface area contributed by atoms with Crippen LogP contribution in [-0.4, -0.2) is 18.9 Å². The van der Waals surface area contributed by atoms with Gasteiger partial charge in [-0.25, -0.2) is 0 Å². The minimum absolute atomic E-state index is 0.167. The van der Waals surface area contributed by atoms with Crippen molar-refractivity contribution in [3.8, 4) is 17.2 Å². The fraction of sp³-hybridized carbons (Fsp3) is 0.0833. The molecule has 1 aliphatic heterocycles. The number of hydrogen-bond donors (Lipinski definition) is 0. The number of carbonyl (C=O) groups is 2. The molecule has 3 aromatic rings. The fourth-order valence-corrected chi connectivity index (χ4v) is 3.01. The van der Waals surface area contributed by atoms with Crippen molar-refractivity contribution in [2.24, 2.45) is 0 Å². The zero-order valence-corrected chi connectivity index (χ0v) is 15.8. The molecule has 0 aliphatic carbocycles. The first-order chi connectivity index (χ1) is 14.1. The SMILES string of the molecule is COc1ccc(/C=C2\Oc3cc(OC(=O)Cc4ccccc4)ccc3C2=O)cc1. The van der Waals surface area contributed by atoms with Crippen molar-refractivity contribution in [1.29, 1.82) is 0 Å². The minimum atomic E-state index is -0.380. The van der Waals surface area contributed by atoms with Crippen LogP contribution in [0.4, 0.5) is 0 Å². The van der Waals surface area contributed by atoms with Crippen molar-refractivity contribution in [3.63, 3.8) is 0 Å². The van der Waals surface area contributed by atoms with E-state index in [2.05, 4.69) is 0 Å². The van der Waals surface area contributed by atoms with Gasteiger partial charge in [-0.3, -0.25) is 9.59 Å². The summed E-state index contributed by atoms with van der Waals surface area (Å²) >= 11 is 0. The summed E-state index contributed by atoms with van der Waals surface area (Å²) in [5.41, 5.74) is 2.12. The molecule has 0 N–H and O–H groups in total. The zero-order chi connectivity index (χ0) is 20.2. The van der Waals surface area contributed by atoms with Gasteiger partial charge in [0.2, 0.25) is 5.78 Å². The number of methoxy groups -OCH3 is 1. The van der Waals surface area contributed by atoms with Crippen LogP contribution in [0.15, 0.2) is 78.6 Å². The molecule has 5 heteroatoms. The molecule has 1 aliphatic rings. The van der Waals surface area contributed by atoms with E-state index >= 15 is 0 Å². The summed E-state index contributed by atoms with van der Waals surface area (Å²) in [5.74, 6) is 1.07. The van der Waals surface area contributed by atoms with Gasteiger partial charge in [-0.15, -0.1) is 0 Å². The zero-order valence-electron chi connectivity index (χ0n) is 15.8. The number of Topliss-reactive ketones (excluding diaryl/α,β-unsaturated/α-hetero) is 1. The Hall–Kier alpha value is -3.86. The maximum Gasteiger partial charge on any atom is 0.315 e. The fourth-order valence-electron chi connectivity index (χ4n) is 3.01. The monoisotopic (exact) mass is 386 g/mol. The van der Waals surface area contributed by atoms with E-state index in [1.807, 2.05) is 54.6 Å². The normalized spacial score (nSPS) is 13.7. The third-order valence-electron chi connectivity index (χ3n) is 4.48. The maximum absolute atomic E-state index is 12.6. The van der Waals surface area contributed by atoms with Crippen molar-refractivity contribution < 1.29 is 23.8 Å². The summed E-state index contributed by atoms with van der Waals surface area (Å²) < 4.78 is 16.2. The standard InChI is InChI=1S/C24H18O5/c1-27-18-9-7-17(8-10-18)13-22-24(26)20-12-11-19(15-21(20)29-22)28-23(25)14-16-5-3-2-4-6-16/h2-13,15H,14H2,1H3/b22-13-. The molecule has 1 heterocycles. The molecule has 0 aromatic heterocycles. The summed E-state index contributed by atoms with van der Waals surface area (Å²) in [5, 5.41) is 0. The molecular weight excluding hydrogens is 368 g/mol. The first kappa shape index (κ1) is 18.5. The van der Waals surface area contributed by atoms with Crippen LogP contribution in [0.5, 0.6) is 17.2 Å². The van der Waals surface area contributed by atoms with Crippen molar-refractivity contribution in [3.05, 3.63) is 95.2 Å². The Kier molecular flexibility index (Phi) is 5.12. The highest BCUT2D eigenvalue weighted by molar-refractivity contribution is 6.14. The van der Waals surface area contributed by atoms with Crippen molar-refractivity contribution in [2.45, 2.75) is 6.42 Å². The Morgan fingerprint density at radius 2 is 1.69 bits per heavy atom. The lowest BCUT2D eigenvalue weighted by molar-refractivity contribution is -0.133. The van der Waals surface area contributed by atoms with Crippen LogP contribution < -0.4 is 14.2 Å². The molecule has 0 radical (unpaired) electrons. The third-order valence-corrected chi connectivity index (χ3v) is 4.48. The van der Waals surface area contributed by atoms with Crippen LogP contribution in [0.2, 0.25) is 0 Å². The molecule has 0 bridgehead atoms. The van der Waals surface area contributed by atoms with Gasteiger partial charge in [-0.2, -0.15) is 0 Å². The Balaban J connectivity index is 1.48. The highest BCUT2D eigenvalue weighted by Crippen LogP contribution is 2.35. The number of esters is 1. The largest absolute Gasteiger partial charge is 0.497 e. The number of fused-ring (bicyclic) bond motifs is 1. The van der Waals surface area contributed by atoms with Crippen LogP contribution in [0.3, 0.4) is 0 Å². The highest BCUT2D eigenvalue weighted by atomic mass is 16.5. The van der Waals surface area contributed by atoms with Crippen molar-refractivity contribution in [1.82, 2.24) is 0 Å². The van der Waals surface area contributed by atoms with E-state index in [1.54, 1.807) is 31.4 Å². The van der Waals surface area contributed by atoms with Crippen LogP contribution in [0.1, 0.15) is 21.5 Å². The van der Waals surface area contributed by atoms with Gasteiger partial charge in [0, 0.05) is 6.07 Å². The molecule has 4 rings (SSSR count). The minimum Gasteiger partial charge on any atom is -0.497 e. The van der Waals surface area contributed by atoms with E-state index in [9.17, 15) is 9.59 Å². The van der Waals surface area contributed by atoms with E-state index in [1.165, 1.54) is 0 Å². The van der Waals surface area contributed by atoms with Crippen LogP contribution in [-0.2, 0) is 11.2 Å². The Morgan fingerprint density at radius 1 is 0.966 bits per heavy atom. The maximum atomic E-state index is 12.6. The first-order valence-corrected chi connectivity index (χ1v) is 9.09. The highest BCUT2D eigenvalue weighted by Gasteiger charge is 2.28. The predicted molar refractivity (Wildman–Crippen MR) is 108 cm³/mol. The lowest BCUT2D eigenvalue weighted by atomic mass is 10.1. The van der Waals surface area contributed by atoms with Gasteiger partial charge in [0.15, 0.2) is 5.76 Å². The Labute approximate surface area is 168 Å². The van der Waals surface area contributed by atoms with E-state index in [-0.39, 0.29) is 23.9 Å². The van der Waals surface area contributed by atoms with Crippen LogP contribution >= 0.6 is 0 Å². The van der Waals surface area contributed by atoms with E-state index < -0.39 is 0 Å². The van der Waals surface area contributed by atoms with Crippen LogP contribution in [0, 0.1) is 0 Å². The molecule has 5 nitrogen and oxygen atoms in total. The summed E-state index contributed by atoms with van der Waals surface area (Å²) in [7, 11) is 1.60. The molecule has 0 atom stereocenters. The second kappa shape index (κ2) is 8.02. The number of carbonyl (C=O) groups excluding carboxylic acids is 2. The molecule has 0 saturated heterocycles. The molecule has 29 heavy (non-hydrogen) atoms. The van der Waals surface area contributed by atoms with Crippen LogP contribution in [0.25, 0.3) is 6.08 Å². The number of hydrogen-bond acceptors (Lipinski definition) is 5. The Morgan fingerprint density at radius 3 is 2.41 bits per heavy atom. The number of ketones is 1. The average Bonchev–Trinajstić information content (AvgIpc) is 3.04. The molecule has 0 unspecified atom stereocenters. The predicted octanol–water partition coefficient (Wildman–Crippen LogP) is 4.46. The van der Waals surface area contributed by atoms with E-state index in [4.69, 9.17) is 14.2 Å². The quantitative estimate of drug-likeness (QED) is 0.368. The van der Waals surface area contributed by atoms with Crippen molar-refractivity contribution >= 4 is 17.8 Å².